The van der Waals surface area contributed by atoms with Crippen molar-refractivity contribution in [2.24, 2.45) is 5.92 Å². The zero-order valence-electron chi connectivity index (χ0n) is 12.7. The molecule has 5 nitrogen and oxygen atoms in total. The van der Waals surface area contributed by atoms with E-state index in [1.807, 2.05) is 11.9 Å². The van der Waals surface area contributed by atoms with Gasteiger partial charge in [0.1, 0.15) is 0 Å². The fourth-order valence-electron chi connectivity index (χ4n) is 2.85. The molecule has 1 atom stereocenters. The summed E-state index contributed by atoms with van der Waals surface area (Å²) in [5.41, 5.74) is 0. The van der Waals surface area contributed by atoms with Gasteiger partial charge < -0.3 is 14.4 Å². The van der Waals surface area contributed by atoms with E-state index in [-0.39, 0.29) is 5.91 Å². The highest BCUT2D eigenvalue weighted by Gasteiger charge is 2.19. The van der Waals surface area contributed by atoms with Crippen LogP contribution in [0, 0.1) is 5.92 Å². The molecule has 0 saturated carbocycles. The Hall–Kier alpha value is -0.650. The van der Waals surface area contributed by atoms with Gasteiger partial charge in [0.05, 0.1) is 13.2 Å². The Morgan fingerprint density at radius 3 is 2.75 bits per heavy atom. The van der Waals surface area contributed by atoms with E-state index in [4.69, 9.17) is 9.47 Å². The number of amides is 1. The van der Waals surface area contributed by atoms with Crippen molar-refractivity contribution in [2.45, 2.75) is 25.7 Å². The van der Waals surface area contributed by atoms with Crippen LogP contribution in [-0.2, 0) is 14.3 Å². The third-order valence-corrected chi connectivity index (χ3v) is 4.22. The summed E-state index contributed by atoms with van der Waals surface area (Å²) >= 11 is 0. The van der Waals surface area contributed by atoms with Crippen LogP contribution >= 0.6 is 0 Å². The Morgan fingerprint density at radius 2 is 2.05 bits per heavy atom. The highest BCUT2D eigenvalue weighted by Crippen LogP contribution is 2.17. The minimum atomic E-state index is 0.266. The van der Waals surface area contributed by atoms with Crippen LogP contribution < -0.4 is 0 Å². The van der Waals surface area contributed by atoms with Gasteiger partial charge in [0.25, 0.3) is 0 Å². The maximum Gasteiger partial charge on any atom is 0.222 e. The molecule has 2 aliphatic heterocycles. The van der Waals surface area contributed by atoms with E-state index in [0.29, 0.717) is 12.3 Å². The molecule has 0 spiro atoms. The Labute approximate surface area is 122 Å². The molecule has 2 saturated heterocycles. The first kappa shape index (κ1) is 15.7. The molecule has 2 heterocycles. The lowest BCUT2D eigenvalue weighted by Crippen LogP contribution is -2.38. The first-order chi connectivity index (χ1) is 9.75. The summed E-state index contributed by atoms with van der Waals surface area (Å²) in [6.07, 6.45) is 3.92. The van der Waals surface area contributed by atoms with Crippen molar-refractivity contribution in [3.63, 3.8) is 0 Å². The molecule has 0 aromatic carbocycles. The minimum Gasteiger partial charge on any atom is -0.381 e. The molecule has 0 aromatic rings. The lowest BCUT2D eigenvalue weighted by Gasteiger charge is -2.28. The molecule has 5 heteroatoms. The average molecular weight is 284 g/mol. The monoisotopic (exact) mass is 284 g/mol. The number of nitrogens with zero attached hydrogens (tertiary/aromatic N) is 2. The van der Waals surface area contributed by atoms with Crippen LogP contribution in [0.4, 0.5) is 0 Å². The number of morpholine rings is 1. The molecule has 1 unspecified atom stereocenters. The van der Waals surface area contributed by atoms with Crippen LogP contribution in [0.2, 0.25) is 0 Å². The molecular formula is C15H28N2O3. The second-order valence-corrected chi connectivity index (χ2v) is 5.91. The number of carbonyl (C=O) groups is 1. The van der Waals surface area contributed by atoms with Gasteiger partial charge in [-0.25, -0.2) is 0 Å². The zero-order chi connectivity index (χ0) is 14.2. The Kier molecular flexibility index (Phi) is 6.76. The standard InChI is InChI=1S/C15H28N2O3/c1-16(5-3-6-17-7-10-19-11-8-17)15(18)12-14-4-2-9-20-13-14/h14H,2-13H2,1H3. The Bertz CT molecular complexity index is 287. The largest absolute Gasteiger partial charge is 0.381 e. The normalized spacial score (nSPS) is 24.6. The highest BCUT2D eigenvalue weighted by molar-refractivity contribution is 5.76. The smallest absolute Gasteiger partial charge is 0.222 e. The van der Waals surface area contributed by atoms with E-state index in [0.717, 1.165) is 71.9 Å². The minimum absolute atomic E-state index is 0.266. The number of ether oxygens (including phenoxy) is 2. The fraction of sp³-hybridized carbons (Fsp3) is 0.933. The van der Waals surface area contributed by atoms with Gasteiger partial charge in [-0.2, -0.15) is 0 Å². The summed E-state index contributed by atoms with van der Waals surface area (Å²) in [5.74, 6) is 0.695. The third-order valence-electron chi connectivity index (χ3n) is 4.22. The van der Waals surface area contributed by atoms with Crippen molar-refractivity contribution in [3.8, 4) is 0 Å². The Balaban J connectivity index is 1.58. The summed E-state index contributed by atoms with van der Waals surface area (Å²) in [4.78, 5) is 16.4. The maximum absolute atomic E-state index is 12.1. The molecule has 0 aromatic heterocycles. The summed E-state index contributed by atoms with van der Waals surface area (Å²) in [6.45, 7) is 7.27. The van der Waals surface area contributed by atoms with Crippen molar-refractivity contribution >= 4 is 5.91 Å². The van der Waals surface area contributed by atoms with Gasteiger partial charge in [-0.1, -0.05) is 0 Å². The van der Waals surface area contributed by atoms with E-state index in [9.17, 15) is 4.79 Å². The first-order valence-corrected chi connectivity index (χ1v) is 7.87. The topological polar surface area (TPSA) is 42.0 Å². The maximum atomic E-state index is 12.1. The van der Waals surface area contributed by atoms with E-state index < -0.39 is 0 Å². The van der Waals surface area contributed by atoms with Crippen molar-refractivity contribution in [3.05, 3.63) is 0 Å². The summed E-state index contributed by atoms with van der Waals surface area (Å²) in [7, 11) is 1.92. The first-order valence-electron chi connectivity index (χ1n) is 7.87. The predicted molar refractivity (Wildman–Crippen MR) is 77.7 cm³/mol. The number of hydrogen-bond donors (Lipinski definition) is 0. The zero-order valence-corrected chi connectivity index (χ0v) is 12.7. The number of carbonyl (C=O) groups excluding carboxylic acids is 1. The van der Waals surface area contributed by atoms with Gasteiger partial charge in [0.15, 0.2) is 0 Å². The SMILES string of the molecule is CN(CCCN1CCOCC1)C(=O)CC1CCCOC1. The van der Waals surface area contributed by atoms with Crippen LogP contribution in [0.25, 0.3) is 0 Å². The van der Waals surface area contributed by atoms with Crippen LogP contribution in [0.15, 0.2) is 0 Å². The van der Waals surface area contributed by atoms with Crippen molar-refractivity contribution < 1.29 is 14.3 Å². The third kappa shape index (κ3) is 5.38. The summed E-state index contributed by atoms with van der Waals surface area (Å²) < 4.78 is 10.8. The lowest BCUT2D eigenvalue weighted by atomic mass is 9.98. The Morgan fingerprint density at radius 1 is 1.25 bits per heavy atom. The van der Waals surface area contributed by atoms with E-state index >= 15 is 0 Å². The summed E-state index contributed by atoms with van der Waals surface area (Å²) in [5, 5.41) is 0. The molecule has 2 aliphatic rings. The van der Waals surface area contributed by atoms with E-state index in [1.165, 1.54) is 0 Å². The molecule has 0 radical (unpaired) electrons. The molecular weight excluding hydrogens is 256 g/mol. The van der Waals surface area contributed by atoms with Gasteiger partial charge in [-0.05, 0) is 25.2 Å². The van der Waals surface area contributed by atoms with E-state index in [2.05, 4.69) is 4.90 Å². The highest BCUT2D eigenvalue weighted by atomic mass is 16.5. The molecule has 1 amide bonds. The molecule has 2 fully saturated rings. The molecule has 0 aliphatic carbocycles. The molecule has 0 bridgehead atoms. The predicted octanol–water partition coefficient (Wildman–Crippen LogP) is 0.984. The van der Waals surface area contributed by atoms with Crippen molar-refractivity contribution in [1.29, 1.82) is 0 Å². The molecule has 2 rings (SSSR count). The van der Waals surface area contributed by atoms with Gasteiger partial charge in [0, 0.05) is 52.9 Å². The van der Waals surface area contributed by atoms with Crippen molar-refractivity contribution in [2.75, 3.05) is 59.7 Å². The van der Waals surface area contributed by atoms with Gasteiger partial charge in [-0.3, -0.25) is 9.69 Å². The van der Waals surface area contributed by atoms with Gasteiger partial charge in [-0.15, -0.1) is 0 Å². The molecule has 0 N–H and O–H groups in total. The number of rotatable bonds is 6. The van der Waals surface area contributed by atoms with Crippen LogP contribution in [-0.4, -0.2) is 75.4 Å². The quantitative estimate of drug-likeness (QED) is 0.729. The second kappa shape index (κ2) is 8.60. The number of hydrogen-bond acceptors (Lipinski definition) is 4. The molecule has 116 valence electrons. The van der Waals surface area contributed by atoms with Crippen LogP contribution in [0.5, 0.6) is 0 Å². The van der Waals surface area contributed by atoms with Crippen molar-refractivity contribution in [1.82, 2.24) is 9.80 Å². The average Bonchev–Trinajstić information content (AvgIpc) is 2.49. The fourth-order valence-corrected chi connectivity index (χ4v) is 2.85. The van der Waals surface area contributed by atoms with Gasteiger partial charge in [0.2, 0.25) is 5.91 Å². The molecule has 20 heavy (non-hydrogen) atoms. The lowest BCUT2D eigenvalue weighted by molar-refractivity contribution is -0.132. The van der Waals surface area contributed by atoms with Gasteiger partial charge >= 0.3 is 0 Å². The van der Waals surface area contributed by atoms with E-state index in [1.54, 1.807) is 0 Å². The van der Waals surface area contributed by atoms with Crippen LogP contribution in [0.1, 0.15) is 25.7 Å². The second-order valence-electron chi connectivity index (χ2n) is 5.91. The summed E-state index contributed by atoms with van der Waals surface area (Å²) in [6, 6.07) is 0. The van der Waals surface area contributed by atoms with Crippen LogP contribution in [0.3, 0.4) is 0 Å².